The van der Waals surface area contributed by atoms with E-state index >= 15 is 0 Å². The van der Waals surface area contributed by atoms with Crippen molar-refractivity contribution in [3.63, 3.8) is 0 Å². The summed E-state index contributed by atoms with van der Waals surface area (Å²) in [7, 11) is 3.64. The molecule has 0 aliphatic heterocycles. The maximum atomic E-state index is 11.6. The van der Waals surface area contributed by atoms with Crippen molar-refractivity contribution < 1.29 is 9.59 Å². The van der Waals surface area contributed by atoms with E-state index in [1.54, 1.807) is 11.1 Å². The van der Waals surface area contributed by atoms with Gasteiger partial charge in [0.15, 0.2) is 11.6 Å². The fourth-order valence-electron chi connectivity index (χ4n) is 1.66. The molecule has 1 aliphatic rings. The number of hydrogen-bond acceptors (Lipinski definition) is 3. The molecule has 0 heterocycles. The van der Waals surface area contributed by atoms with Crippen molar-refractivity contribution in [2.45, 2.75) is 26.2 Å². The number of carbonyl (C=O) groups excluding carboxylic acids is 2. The Labute approximate surface area is 84.8 Å². The Morgan fingerprint density at radius 3 is 2.14 bits per heavy atom. The van der Waals surface area contributed by atoms with Crippen LogP contribution in [0.2, 0.25) is 0 Å². The Balaban J connectivity index is 2.81. The highest BCUT2D eigenvalue weighted by atomic mass is 16.1. The first kappa shape index (κ1) is 11.0. The summed E-state index contributed by atoms with van der Waals surface area (Å²) in [5.74, 6) is 0.262. The van der Waals surface area contributed by atoms with Crippen LogP contribution in [0.15, 0.2) is 11.8 Å². The van der Waals surface area contributed by atoms with Crippen LogP contribution in [0.1, 0.15) is 26.2 Å². The molecule has 3 heteroatoms. The van der Waals surface area contributed by atoms with E-state index in [9.17, 15) is 9.59 Å². The molecule has 0 N–H and O–H groups in total. The predicted molar refractivity (Wildman–Crippen MR) is 54.8 cm³/mol. The third-order valence-corrected chi connectivity index (χ3v) is 2.51. The van der Waals surface area contributed by atoms with Gasteiger partial charge in [0.05, 0.1) is 5.57 Å². The van der Waals surface area contributed by atoms with Gasteiger partial charge in [-0.15, -0.1) is 0 Å². The van der Waals surface area contributed by atoms with Crippen molar-refractivity contribution in [2.75, 3.05) is 14.1 Å². The van der Waals surface area contributed by atoms with Gasteiger partial charge in [-0.05, 0) is 5.92 Å². The zero-order valence-electron chi connectivity index (χ0n) is 9.04. The lowest BCUT2D eigenvalue weighted by Gasteiger charge is -2.21. The molecule has 78 valence electrons. The summed E-state index contributed by atoms with van der Waals surface area (Å²) in [6.07, 6.45) is 3.60. The lowest BCUT2D eigenvalue weighted by molar-refractivity contribution is -0.125. The number of Topliss-reactive ketones (excluding diaryl/α,β-unsaturated/α-hetero) is 2. The number of rotatable bonds is 2. The summed E-state index contributed by atoms with van der Waals surface area (Å²) in [5.41, 5.74) is 0.375. The van der Waals surface area contributed by atoms with E-state index in [0.29, 0.717) is 18.4 Å². The molecule has 0 aromatic carbocycles. The van der Waals surface area contributed by atoms with E-state index in [2.05, 4.69) is 0 Å². The zero-order valence-corrected chi connectivity index (χ0v) is 9.04. The molecule has 0 bridgehead atoms. The van der Waals surface area contributed by atoms with Gasteiger partial charge in [-0.25, -0.2) is 0 Å². The van der Waals surface area contributed by atoms with E-state index < -0.39 is 0 Å². The Morgan fingerprint density at radius 2 is 1.79 bits per heavy atom. The first-order chi connectivity index (χ1) is 6.54. The first-order valence-electron chi connectivity index (χ1n) is 4.99. The van der Waals surface area contributed by atoms with Gasteiger partial charge in [0.25, 0.3) is 0 Å². The third kappa shape index (κ3) is 2.44. The van der Waals surface area contributed by atoms with Crippen LogP contribution in [-0.4, -0.2) is 30.6 Å². The van der Waals surface area contributed by atoms with Crippen LogP contribution in [0.4, 0.5) is 0 Å². The Bertz CT molecular complexity index is 259. The highest BCUT2D eigenvalue weighted by Crippen LogP contribution is 2.24. The zero-order chi connectivity index (χ0) is 10.7. The number of ketones is 2. The summed E-state index contributed by atoms with van der Waals surface area (Å²) in [6, 6.07) is 0. The molecule has 0 amide bonds. The fraction of sp³-hybridized carbons (Fsp3) is 0.636. The molecular formula is C11H17NO2. The van der Waals surface area contributed by atoms with Crippen LogP contribution < -0.4 is 0 Å². The molecule has 0 aromatic heterocycles. The number of carbonyl (C=O) groups is 2. The van der Waals surface area contributed by atoms with Crippen LogP contribution in [0.5, 0.6) is 0 Å². The van der Waals surface area contributed by atoms with Crippen molar-refractivity contribution in [1.82, 2.24) is 4.90 Å². The normalized spacial score (nSPS) is 22.5. The molecule has 1 saturated carbocycles. The predicted octanol–water partition coefficient (Wildman–Crippen LogP) is 1.39. The summed E-state index contributed by atoms with van der Waals surface area (Å²) in [6.45, 7) is 2.02. The molecule has 0 aromatic rings. The molecule has 0 radical (unpaired) electrons. The van der Waals surface area contributed by atoms with Gasteiger partial charge in [0.1, 0.15) is 0 Å². The van der Waals surface area contributed by atoms with Gasteiger partial charge in [0, 0.05) is 33.1 Å². The summed E-state index contributed by atoms with van der Waals surface area (Å²) >= 11 is 0. The molecule has 1 aliphatic carbocycles. The summed E-state index contributed by atoms with van der Waals surface area (Å²) in [4.78, 5) is 24.9. The van der Waals surface area contributed by atoms with Crippen LogP contribution in [0.25, 0.3) is 0 Å². The second-order valence-electron chi connectivity index (χ2n) is 4.04. The standard InChI is InChI=1S/C11H17NO2/c1-4-8-5-10(13)9(7-12(2)3)11(14)6-8/h7-8H,4-6H2,1-3H3. The molecule has 0 spiro atoms. The van der Waals surface area contributed by atoms with Crippen molar-refractivity contribution in [2.24, 2.45) is 5.92 Å². The van der Waals surface area contributed by atoms with Crippen molar-refractivity contribution in [1.29, 1.82) is 0 Å². The maximum Gasteiger partial charge on any atom is 0.168 e. The third-order valence-electron chi connectivity index (χ3n) is 2.51. The van der Waals surface area contributed by atoms with E-state index in [0.717, 1.165) is 6.42 Å². The quantitative estimate of drug-likeness (QED) is 0.493. The number of nitrogens with zero attached hydrogens (tertiary/aromatic N) is 1. The highest BCUT2D eigenvalue weighted by Gasteiger charge is 2.29. The second kappa shape index (κ2) is 4.40. The lowest BCUT2D eigenvalue weighted by Crippen LogP contribution is -2.27. The lowest BCUT2D eigenvalue weighted by atomic mass is 9.83. The highest BCUT2D eigenvalue weighted by molar-refractivity contribution is 6.21. The van der Waals surface area contributed by atoms with Gasteiger partial charge in [-0.1, -0.05) is 13.3 Å². The van der Waals surface area contributed by atoms with Crippen LogP contribution in [0.3, 0.4) is 0 Å². The van der Waals surface area contributed by atoms with Crippen molar-refractivity contribution in [3.05, 3.63) is 11.8 Å². The van der Waals surface area contributed by atoms with E-state index in [-0.39, 0.29) is 17.5 Å². The molecule has 1 fully saturated rings. The number of allylic oxidation sites excluding steroid dienone is 1. The number of hydrogen-bond donors (Lipinski definition) is 0. The minimum atomic E-state index is 0.00167. The Morgan fingerprint density at radius 1 is 1.29 bits per heavy atom. The average molecular weight is 195 g/mol. The maximum absolute atomic E-state index is 11.6. The smallest absolute Gasteiger partial charge is 0.168 e. The molecule has 0 unspecified atom stereocenters. The molecule has 1 rings (SSSR count). The Kier molecular flexibility index (Phi) is 3.44. The summed E-state index contributed by atoms with van der Waals surface area (Å²) in [5, 5.41) is 0. The SMILES string of the molecule is CCC1CC(=O)C(=CN(C)C)C(=O)C1. The molecular weight excluding hydrogens is 178 g/mol. The topological polar surface area (TPSA) is 37.4 Å². The van der Waals surface area contributed by atoms with Crippen LogP contribution in [0, 0.1) is 5.92 Å². The first-order valence-corrected chi connectivity index (χ1v) is 4.99. The molecule has 0 saturated heterocycles. The van der Waals surface area contributed by atoms with Gasteiger partial charge >= 0.3 is 0 Å². The monoisotopic (exact) mass is 195 g/mol. The van der Waals surface area contributed by atoms with Gasteiger partial charge in [-0.3, -0.25) is 9.59 Å². The van der Waals surface area contributed by atoms with Crippen LogP contribution in [-0.2, 0) is 9.59 Å². The van der Waals surface area contributed by atoms with Gasteiger partial charge in [0.2, 0.25) is 0 Å². The van der Waals surface area contributed by atoms with E-state index in [4.69, 9.17) is 0 Å². The molecule has 3 nitrogen and oxygen atoms in total. The van der Waals surface area contributed by atoms with Crippen molar-refractivity contribution >= 4 is 11.6 Å². The van der Waals surface area contributed by atoms with E-state index in [1.165, 1.54) is 0 Å². The van der Waals surface area contributed by atoms with Crippen molar-refractivity contribution in [3.8, 4) is 0 Å². The molecule has 14 heavy (non-hydrogen) atoms. The average Bonchev–Trinajstić information content (AvgIpc) is 2.10. The second-order valence-corrected chi connectivity index (χ2v) is 4.04. The fourth-order valence-corrected chi connectivity index (χ4v) is 1.66. The summed E-state index contributed by atoms with van der Waals surface area (Å²) < 4.78 is 0. The van der Waals surface area contributed by atoms with Gasteiger partial charge < -0.3 is 4.90 Å². The van der Waals surface area contributed by atoms with Crippen LogP contribution >= 0.6 is 0 Å². The minimum Gasteiger partial charge on any atom is -0.383 e. The molecule has 0 atom stereocenters. The minimum absolute atomic E-state index is 0.00167. The van der Waals surface area contributed by atoms with E-state index in [1.807, 2.05) is 21.0 Å². The largest absolute Gasteiger partial charge is 0.383 e. The van der Waals surface area contributed by atoms with Gasteiger partial charge in [-0.2, -0.15) is 0 Å². The Hall–Kier alpha value is -1.12.